The van der Waals surface area contributed by atoms with Crippen molar-refractivity contribution in [2.75, 3.05) is 0 Å². The lowest BCUT2D eigenvalue weighted by Crippen LogP contribution is -1.94. The first-order valence-electron chi connectivity index (χ1n) is 0.955. The highest BCUT2D eigenvalue weighted by atomic mass is 32.1. The lowest BCUT2D eigenvalue weighted by molar-refractivity contribution is 0.162. The first-order valence-corrected chi connectivity index (χ1v) is 1.40. The smallest absolute Gasteiger partial charge is 0.195 e. The van der Waals surface area contributed by atoms with Crippen molar-refractivity contribution in [1.82, 2.24) is 0 Å². The summed E-state index contributed by atoms with van der Waals surface area (Å²) in [7, 11) is 0. The van der Waals surface area contributed by atoms with Crippen LogP contribution < -0.4 is 0 Å². The molecule has 0 nitrogen and oxygen atoms in total. The Morgan fingerprint density at radius 3 is 1.60 bits per heavy atom. The average molecular weight is 97.1 g/mol. The molecule has 0 aliphatic carbocycles. The summed E-state index contributed by atoms with van der Waals surface area (Å²) in [4.78, 5) is 0. The molecule has 0 spiro atoms. The second-order valence-corrected chi connectivity index (χ2v) is 1.32. The Bertz CT molecular complexity index is 23.1. The van der Waals surface area contributed by atoms with Crippen molar-refractivity contribution in [3.63, 3.8) is 0 Å². The molecule has 0 aliphatic heterocycles. The summed E-state index contributed by atoms with van der Waals surface area (Å²) in [6.07, 6.45) is 0. The second kappa shape index (κ2) is 1.12. The molecular formula is C2H3F2S. The van der Waals surface area contributed by atoms with E-state index < -0.39 is 5.25 Å². The molecule has 1 radical (unpaired) electrons. The van der Waals surface area contributed by atoms with Gasteiger partial charge in [-0.2, -0.15) is 8.78 Å². The van der Waals surface area contributed by atoms with Crippen LogP contribution in [0.15, 0.2) is 0 Å². The number of alkyl halides is 2. The van der Waals surface area contributed by atoms with E-state index in [0.29, 0.717) is 0 Å². The molecule has 0 aromatic carbocycles. The lowest BCUT2D eigenvalue weighted by atomic mass is 10.9. The Balaban J connectivity index is 3.02. The molecule has 0 fully saturated rings. The maximum atomic E-state index is 10.8. The zero-order valence-corrected chi connectivity index (χ0v) is 3.30. The van der Waals surface area contributed by atoms with E-state index in [9.17, 15) is 8.78 Å². The number of hydrogen-bond donors (Lipinski definition) is 1. The summed E-state index contributed by atoms with van der Waals surface area (Å²) >= 11 is 2.68. The number of thiol groups is 1. The van der Waals surface area contributed by atoms with Crippen LogP contribution in [-0.4, -0.2) is 5.25 Å². The zero-order chi connectivity index (χ0) is 4.50. The molecular weight excluding hydrogens is 94.1 g/mol. The van der Waals surface area contributed by atoms with Crippen LogP contribution in [0.25, 0.3) is 0 Å². The van der Waals surface area contributed by atoms with Crippen molar-refractivity contribution >= 4 is 12.6 Å². The summed E-state index contributed by atoms with van der Waals surface area (Å²) in [6.45, 7) is 2.30. The molecule has 0 saturated heterocycles. The van der Waals surface area contributed by atoms with Crippen LogP contribution in [0, 0.1) is 6.92 Å². The summed E-state index contributed by atoms with van der Waals surface area (Å²) in [5.41, 5.74) is 0. The van der Waals surface area contributed by atoms with Crippen molar-refractivity contribution in [3.8, 4) is 0 Å². The maximum absolute atomic E-state index is 10.8. The normalized spacial score (nSPS) is 12.0. The molecule has 3 heteroatoms. The van der Waals surface area contributed by atoms with Gasteiger partial charge in [-0.15, -0.1) is 12.6 Å². The van der Waals surface area contributed by atoms with Crippen LogP contribution in [-0.2, 0) is 0 Å². The van der Waals surface area contributed by atoms with E-state index in [1.54, 1.807) is 0 Å². The van der Waals surface area contributed by atoms with Crippen LogP contribution >= 0.6 is 12.6 Å². The molecule has 0 unspecified atom stereocenters. The van der Waals surface area contributed by atoms with Gasteiger partial charge in [0.25, 0.3) is 5.25 Å². The summed E-state index contributed by atoms with van der Waals surface area (Å²) < 4.78 is 21.5. The first-order chi connectivity index (χ1) is 2.00. The van der Waals surface area contributed by atoms with Crippen LogP contribution in [0.5, 0.6) is 0 Å². The minimum Gasteiger partial charge on any atom is -0.195 e. The molecule has 0 aliphatic rings. The molecule has 31 valence electrons. The van der Waals surface area contributed by atoms with Gasteiger partial charge in [0.1, 0.15) is 0 Å². The van der Waals surface area contributed by atoms with Gasteiger partial charge < -0.3 is 0 Å². The highest BCUT2D eigenvalue weighted by Gasteiger charge is 2.10. The van der Waals surface area contributed by atoms with Crippen LogP contribution in [0.3, 0.4) is 0 Å². The summed E-state index contributed by atoms with van der Waals surface area (Å²) in [5.74, 6) is 0. The predicted octanol–water partition coefficient (Wildman–Crippen LogP) is 1.34. The molecule has 0 aromatic rings. The van der Waals surface area contributed by atoms with Crippen molar-refractivity contribution in [1.29, 1.82) is 0 Å². The molecule has 0 atom stereocenters. The quantitative estimate of drug-likeness (QED) is 0.433. The Labute approximate surface area is 34.6 Å². The van der Waals surface area contributed by atoms with E-state index in [1.807, 2.05) is 0 Å². The topological polar surface area (TPSA) is 0 Å². The Morgan fingerprint density at radius 2 is 1.60 bits per heavy atom. The van der Waals surface area contributed by atoms with Crippen molar-refractivity contribution < 1.29 is 8.78 Å². The molecule has 0 saturated carbocycles. The second-order valence-electron chi connectivity index (χ2n) is 0.666. The Morgan fingerprint density at radius 1 is 1.60 bits per heavy atom. The van der Waals surface area contributed by atoms with Crippen LogP contribution in [0.1, 0.15) is 0 Å². The minimum atomic E-state index is -3.06. The van der Waals surface area contributed by atoms with E-state index in [4.69, 9.17) is 0 Å². The van der Waals surface area contributed by atoms with Crippen molar-refractivity contribution in [2.45, 2.75) is 5.25 Å². The van der Waals surface area contributed by atoms with Gasteiger partial charge in [-0.1, -0.05) is 0 Å². The van der Waals surface area contributed by atoms with Gasteiger partial charge in [-0.3, -0.25) is 0 Å². The number of hydrogen-bond acceptors (Lipinski definition) is 1. The maximum Gasteiger partial charge on any atom is 0.291 e. The van der Waals surface area contributed by atoms with Crippen LogP contribution in [0.4, 0.5) is 8.78 Å². The fourth-order valence-corrected chi connectivity index (χ4v) is 0. The highest BCUT2D eigenvalue weighted by molar-refractivity contribution is 7.81. The lowest BCUT2D eigenvalue weighted by Gasteiger charge is -1.92. The Kier molecular flexibility index (Phi) is 1.17. The number of halogens is 2. The van der Waals surface area contributed by atoms with E-state index in [0.717, 1.165) is 0 Å². The molecule has 0 heterocycles. The number of rotatable bonds is 0. The molecule has 0 rings (SSSR count). The molecule has 0 amide bonds. The van der Waals surface area contributed by atoms with E-state index >= 15 is 0 Å². The van der Waals surface area contributed by atoms with Crippen molar-refractivity contribution in [2.24, 2.45) is 0 Å². The van der Waals surface area contributed by atoms with E-state index in [2.05, 4.69) is 19.6 Å². The third kappa shape index (κ3) is 466. The largest absolute Gasteiger partial charge is 0.291 e. The monoisotopic (exact) mass is 97.0 g/mol. The minimum absolute atomic E-state index is 2.30. The Hall–Kier alpha value is 0.210. The predicted molar refractivity (Wildman–Crippen MR) is 19.3 cm³/mol. The van der Waals surface area contributed by atoms with E-state index in [-0.39, 0.29) is 0 Å². The van der Waals surface area contributed by atoms with Gasteiger partial charge in [-0.05, 0) is 0 Å². The molecule has 0 N–H and O–H groups in total. The molecule has 5 heavy (non-hydrogen) atoms. The SMILES string of the molecule is [CH2]C(F)(F)S. The van der Waals surface area contributed by atoms with Gasteiger partial charge in [0.2, 0.25) is 0 Å². The fraction of sp³-hybridized carbons (Fsp3) is 0.500. The zero-order valence-electron chi connectivity index (χ0n) is 2.41. The van der Waals surface area contributed by atoms with Gasteiger partial charge in [0, 0.05) is 6.92 Å². The fourth-order valence-electron chi connectivity index (χ4n) is 0. The standard InChI is InChI=1S/C2H3F2S/c1-2(3,4)5/h5H,1H2. The van der Waals surface area contributed by atoms with Crippen molar-refractivity contribution in [3.05, 3.63) is 6.92 Å². The summed E-state index contributed by atoms with van der Waals surface area (Å²) in [5, 5.41) is -3.06. The molecule has 0 bridgehead atoms. The van der Waals surface area contributed by atoms with Gasteiger partial charge in [-0.25, -0.2) is 0 Å². The third-order valence-corrected chi connectivity index (χ3v) is 0. The van der Waals surface area contributed by atoms with Crippen LogP contribution in [0.2, 0.25) is 0 Å². The average Bonchev–Trinajstić information content (AvgIpc) is 0.722. The van der Waals surface area contributed by atoms with Gasteiger partial charge in [0.05, 0.1) is 0 Å². The van der Waals surface area contributed by atoms with Gasteiger partial charge in [0.15, 0.2) is 0 Å². The van der Waals surface area contributed by atoms with E-state index in [1.165, 1.54) is 0 Å². The highest BCUT2D eigenvalue weighted by Crippen LogP contribution is 2.13. The molecule has 0 aromatic heterocycles. The summed E-state index contributed by atoms with van der Waals surface area (Å²) in [6, 6.07) is 0. The first kappa shape index (κ1) is 5.21. The van der Waals surface area contributed by atoms with Gasteiger partial charge >= 0.3 is 0 Å². The third-order valence-electron chi connectivity index (χ3n) is 0.